The summed E-state index contributed by atoms with van der Waals surface area (Å²) in [5.41, 5.74) is 0. The van der Waals surface area contributed by atoms with Crippen molar-refractivity contribution in [2.75, 3.05) is 0 Å². The minimum atomic E-state index is -0.765. The fourth-order valence-electron chi connectivity index (χ4n) is 0.492. The number of benzene rings is 1. The Kier molecular flexibility index (Phi) is 5.45. The van der Waals surface area contributed by atoms with Gasteiger partial charge >= 0.3 is 7.69 Å². The van der Waals surface area contributed by atoms with Gasteiger partial charge in [0.05, 0.1) is 5.02 Å². The van der Waals surface area contributed by atoms with Crippen molar-refractivity contribution in [3.05, 3.63) is 29.0 Å². The third-order valence-electron chi connectivity index (χ3n) is 0.931. The fraction of sp³-hybridized carbons (Fsp3) is 0. The number of halogens is 2. The lowest BCUT2D eigenvalue weighted by Gasteiger charge is -1.93. The molecule has 0 saturated heterocycles. The highest BCUT2D eigenvalue weighted by molar-refractivity contribution is 6.30. The average molecular weight is 191 g/mol. The third kappa shape index (κ3) is 3.57. The van der Waals surface area contributed by atoms with Crippen LogP contribution in [0.1, 0.15) is 0 Å². The lowest BCUT2D eigenvalue weighted by atomic mass is 10.3. The van der Waals surface area contributed by atoms with E-state index in [4.69, 9.17) is 26.8 Å². The summed E-state index contributed by atoms with van der Waals surface area (Å²) < 4.78 is 12.3. The van der Waals surface area contributed by atoms with Crippen LogP contribution < -0.4 is 0 Å². The normalized spacial score (nSPS) is 8.33. The maximum Gasteiger partial charge on any atom is 0.482 e. The first kappa shape index (κ1) is 11.2. The largest absolute Gasteiger partial charge is 0.505 e. The van der Waals surface area contributed by atoms with Gasteiger partial charge in [0, 0.05) is 0 Å². The van der Waals surface area contributed by atoms with Gasteiger partial charge in [-0.3, -0.25) is 0 Å². The Bertz CT molecular complexity index is 226. The van der Waals surface area contributed by atoms with Crippen molar-refractivity contribution in [2.24, 2.45) is 0 Å². The van der Waals surface area contributed by atoms with E-state index in [2.05, 4.69) is 0 Å². The van der Waals surface area contributed by atoms with E-state index in [-0.39, 0.29) is 12.7 Å². The first-order valence-electron chi connectivity index (χ1n) is 2.86. The predicted molar refractivity (Wildman–Crippen MR) is 43.3 cm³/mol. The molecular formula is C6H6BClFO3. The molecule has 3 N–H and O–H groups in total. The third-order valence-corrected chi connectivity index (χ3v) is 1.22. The van der Waals surface area contributed by atoms with Crippen molar-refractivity contribution >= 4 is 19.3 Å². The summed E-state index contributed by atoms with van der Waals surface area (Å²) in [5, 5.41) is 22.6. The Morgan fingerprint density at radius 1 is 1.33 bits per heavy atom. The SMILES string of the molecule is O[B]O.Oc1cccc(Cl)c1F. The van der Waals surface area contributed by atoms with Crippen LogP contribution in [0.5, 0.6) is 5.75 Å². The topological polar surface area (TPSA) is 60.7 Å². The van der Waals surface area contributed by atoms with E-state index in [9.17, 15) is 4.39 Å². The van der Waals surface area contributed by atoms with Crippen molar-refractivity contribution < 1.29 is 19.5 Å². The highest BCUT2D eigenvalue weighted by Crippen LogP contribution is 2.21. The average Bonchev–Trinajstić information content (AvgIpc) is 2.02. The monoisotopic (exact) mass is 191 g/mol. The quantitative estimate of drug-likeness (QED) is 0.529. The maximum atomic E-state index is 12.3. The Balaban J connectivity index is 0.000000354. The van der Waals surface area contributed by atoms with E-state index in [0.717, 1.165) is 0 Å². The van der Waals surface area contributed by atoms with Crippen molar-refractivity contribution in [3.8, 4) is 5.75 Å². The minimum absolute atomic E-state index is 0. The van der Waals surface area contributed by atoms with Crippen molar-refractivity contribution in [3.63, 3.8) is 0 Å². The molecule has 0 saturated carbocycles. The van der Waals surface area contributed by atoms with Gasteiger partial charge < -0.3 is 15.2 Å². The molecule has 0 amide bonds. The van der Waals surface area contributed by atoms with E-state index in [1.165, 1.54) is 18.2 Å². The Labute approximate surface area is 74.3 Å². The summed E-state index contributed by atoms with van der Waals surface area (Å²) in [6.07, 6.45) is 0. The molecule has 3 nitrogen and oxygen atoms in total. The lowest BCUT2D eigenvalue weighted by Crippen LogP contribution is -1.75. The number of rotatable bonds is 0. The number of hydrogen-bond donors (Lipinski definition) is 3. The highest BCUT2D eigenvalue weighted by atomic mass is 35.5. The molecule has 1 radical (unpaired) electrons. The van der Waals surface area contributed by atoms with Gasteiger partial charge in [0.15, 0.2) is 11.6 Å². The van der Waals surface area contributed by atoms with Crippen LogP contribution in [0.3, 0.4) is 0 Å². The molecule has 0 aliphatic carbocycles. The van der Waals surface area contributed by atoms with Gasteiger partial charge in [-0.2, -0.15) is 0 Å². The smallest absolute Gasteiger partial charge is 0.482 e. The summed E-state index contributed by atoms with van der Waals surface area (Å²) in [4.78, 5) is 0. The summed E-state index contributed by atoms with van der Waals surface area (Å²) in [5.74, 6) is -1.18. The summed E-state index contributed by atoms with van der Waals surface area (Å²) >= 11 is 5.28. The summed E-state index contributed by atoms with van der Waals surface area (Å²) in [6, 6.07) is 4.08. The first-order valence-corrected chi connectivity index (χ1v) is 3.24. The maximum absolute atomic E-state index is 12.3. The van der Waals surface area contributed by atoms with Gasteiger partial charge in [-0.15, -0.1) is 0 Å². The van der Waals surface area contributed by atoms with Crippen molar-refractivity contribution in [2.45, 2.75) is 0 Å². The second-order valence-corrected chi connectivity index (χ2v) is 2.10. The van der Waals surface area contributed by atoms with Gasteiger partial charge in [0.25, 0.3) is 0 Å². The molecule has 6 heteroatoms. The molecule has 12 heavy (non-hydrogen) atoms. The van der Waals surface area contributed by atoms with Crippen LogP contribution in [0, 0.1) is 5.82 Å². The number of hydrogen-bond acceptors (Lipinski definition) is 3. The van der Waals surface area contributed by atoms with Gasteiger partial charge in [-0.1, -0.05) is 17.7 Å². The van der Waals surface area contributed by atoms with Gasteiger partial charge in [-0.25, -0.2) is 4.39 Å². The molecular weight excluding hydrogens is 185 g/mol. The van der Waals surface area contributed by atoms with Gasteiger partial charge in [0.2, 0.25) is 0 Å². The molecule has 0 unspecified atom stereocenters. The predicted octanol–water partition coefficient (Wildman–Crippen LogP) is 0.690. The van der Waals surface area contributed by atoms with E-state index >= 15 is 0 Å². The lowest BCUT2D eigenvalue weighted by molar-refractivity contribution is 0.432. The zero-order valence-corrected chi connectivity index (χ0v) is 6.66. The van der Waals surface area contributed by atoms with Crippen LogP contribution >= 0.6 is 11.6 Å². The van der Waals surface area contributed by atoms with Crippen LogP contribution in [0.4, 0.5) is 4.39 Å². The zero-order valence-electron chi connectivity index (χ0n) is 5.91. The molecule has 0 aromatic heterocycles. The second kappa shape index (κ2) is 5.82. The van der Waals surface area contributed by atoms with E-state index in [1.54, 1.807) is 0 Å². The molecule has 0 spiro atoms. The second-order valence-electron chi connectivity index (χ2n) is 1.69. The standard InChI is InChI=1S/C6H4ClFO.BH2O2/c7-4-2-1-3-5(9)6(4)8;2-1-3/h1-3,9H;2-3H. The fourth-order valence-corrected chi connectivity index (χ4v) is 0.662. The van der Waals surface area contributed by atoms with Crippen LogP contribution in [0.2, 0.25) is 5.02 Å². The van der Waals surface area contributed by atoms with Crippen LogP contribution in [0.25, 0.3) is 0 Å². The van der Waals surface area contributed by atoms with Gasteiger partial charge in [-0.05, 0) is 12.1 Å². The minimum Gasteiger partial charge on any atom is -0.505 e. The summed E-state index contributed by atoms with van der Waals surface area (Å²) in [6.45, 7) is 0. The van der Waals surface area contributed by atoms with E-state index < -0.39 is 11.6 Å². The molecule has 1 aromatic rings. The zero-order chi connectivity index (χ0) is 9.56. The van der Waals surface area contributed by atoms with E-state index in [1.807, 2.05) is 0 Å². The highest BCUT2D eigenvalue weighted by Gasteiger charge is 2.01. The molecule has 65 valence electrons. The molecule has 0 atom stereocenters. The Hall–Kier alpha value is -0.775. The number of aromatic hydroxyl groups is 1. The molecule has 1 rings (SSSR count). The Morgan fingerprint density at radius 3 is 2.17 bits per heavy atom. The van der Waals surface area contributed by atoms with Crippen LogP contribution in [-0.4, -0.2) is 22.8 Å². The van der Waals surface area contributed by atoms with Crippen LogP contribution in [-0.2, 0) is 0 Å². The Morgan fingerprint density at radius 2 is 1.83 bits per heavy atom. The van der Waals surface area contributed by atoms with Crippen molar-refractivity contribution in [1.29, 1.82) is 0 Å². The molecule has 1 aromatic carbocycles. The number of phenolic OH excluding ortho intramolecular Hbond substituents is 1. The van der Waals surface area contributed by atoms with Gasteiger partial charge in [0.1, 0.15) is 0 Å². The number of phenols is 1. The summed E-state index contributed by atoms with van der Waals surface area (Å²) in [7, 11) is 0. The van der Waals surface area contributed by atoms with Crippen LogP contribution in [0.15, 0.2) is 18.2 Å². The van der Waals surface area contributed by atoms with Crippen molar-refractivity contribution in [1.82, 2.24) is 0 Å². The molecule has 0 aliphatic heterocycles. The first-order chi connectivity index (χ1) is 5.63. The van der Waals surface area contributed by atoms with E-state index in [0.29, 0.717) is 0 Å². The molecule has 0 fully saturated rings. The molecule has 0 heterocycles. The molecule has 0 aliphatic rings. The molecule has 0 bridgehead atoms.